The monoisotopic (exact) mass is 812 g/mol. The third-order valence-corrected chi connectivity index (χ3v) is 9.73. The van der Waals surface area contributed by atoms with Crippen molar-refractivity contribution in [2.75, 3.05) is 36.0 Å². The number of carbonyl (C=O) groups excluding carboxylic acids is 6. The van der Waals surface area contributed by atoms with Crippen LogP contribution >= 0.6 is 15.9 Å². The number of benzene rings is 4. The molecule has 0 radical (unpaired) electrons. The van der Waals surface area contributed by atoms with Gasteiger partial charge in [0, 0.05) is 42.0 Å². The summed E-state index contributed by atoms with van der Waals surface area (Å²) in [6.45, 7) is 11.6. The van der Waals surface area contributed by atoms with Gasteiger partial charge >= 0.3 is 18.3 Å². The minimum atomic E-state index is -0.566. The average molecular weight is 814 g/mol. The molecular weight excluding hydrogens is 768 g/mol. The van der Waals surface area contributed by atoms with E-state index in [1.807, 2.05) is 132 Å². The number of halogens is 1. The second-order valence-electron chi connectivity index (χ2n) is 13.9. The summed E-state index contributed by atoms with van der Waals surface area (Å²) in [4.78, 5) is 68.9. The first-order valence-electron chi connectivity index (χ1n) is 17.6. The number of amides is 4. The Morgan fingerprint density at radius 2 is 1.05 bits per heavy atom. The molecule has 12 nitrogen and oxygen atoms in total. The van der Waals surface area contributed by atoms with Crippen LogP contribution in [0.25, 0.3) is 0 Å². The molecule has 4 amide bonds. The van der Waals surface area contributed by atoms with Gasteiger partial charge < -0.3 is 29.9 Å². The molecular formula is C42H45BrN4O8. The molecule has 55 heavy (non-hydrogen) atoms. The van der Waals surface area contributed by atoms with E-state index in [2.05, 4.69) is 26.6 Å². The number of hydrogen-bond donors (Lipinski definition) is 2. The number of ether oxygens (including phenoxy) is 2. The van der Waals surface area contributed by atoms with Gasteiger partial charge in [-0.25, -0.2) is 9.59 Å². The largest absolute Gasteiger partial charge is 0.445 e. The van der Waals surface area contributed by atoms with Gasteiger partial charge in [-0.05, 0) is 80.6 Å². The Morgan fingerprint density at radius 1 is 0.655 bits per heavy atom. The van der Waals surface area contributed by atoms with Crippen molar-refractivity contribution in [3.63, 3.8) is 0 Å². The van der Waals surface area contributed by atoms with Crippen molar-refractivity contribution in [1.29, 1.82) is 0 Å². The molecule has 288 valence electrons. The zero-order chi connectivity index (χ0) is 40.2. The molecule has 0 bridgehead atoms. The molecule has 0 spiro atoms. The second kappa shape index (κ2) is 19.0. The van der Waals surface area contributed by atoms with Crippen LogP contribution in [0.3, 0.4) is 0 Å². The number of anilines is 2. The Hall–Kier alpha value is -5.78. The molecule has 6 rings (SSSR count). The van der Waals surface area contributed by atoms with Crippen molar-refractivity contribution in [3.8, 4) is 0 Å². The molecule has 13 heteroatoms. The molecule has 2 heterocycles. The van der Waals surface area contributed by atoms with Crippen molar-refractivity contribution >= 4 is 57.5 Å². The molecule has 0 saturated carbocycles. The molecule has 0 saturated heterocycles. The summed E-state index contributed by atoms with van der Waals surface area (Å²) in [7, 11) is 0. The molecule has 0 fully saturated rings. The zero-order valence-electron chi connectivity index (χ0n) is 31.5. The summed E-state index contributed by atoms with van der Waals surface area (Å²) >= 11 is 3.46. The number of rotatable bonds is 10. The minimum absolute atomic E-state index is 0.0325. The van der Waals surface area contributed by atoms with Crippen molar-refractivity contribution in [1.82, 2.24) is 10.6 Å². The van der Waals surface area contributed by atoms with Gasteiger partial charge in [0.05, 0.1) is 10.8 Å². The molecule has 0 aromatic heterocycles. The fraction of sp³-hybridized carbons (Fsp3) is 0.310. The topological polar surface area (TPSA) is 151 Å². The highest BCUT2D eigenvalue weighted by molar-refractivity contribution is 9.10. The van der Waals surface area contributed by atoms with Gasteiger partial charge in [0.1, 0.15) is 13.2 Å². The first kappa shape index (κ1) is 42.0. The maximum Gasteiger partial charge on any atom is 0.407 e. The predicted molar refractivity (Wildman–Crippen MR) is 210 cm³/mol. The summed E-state index contributed by atoms with van der Waals surface area (Å²) < 4.78 is 11.3. The first-order chi connectivity index (χ1) is 26.2. The van der Waals surface area contributed by atoms with Crippen LogP contribution < -0.4 is 20.4 Å². The van der Waals surface area contributed by atoms with E-state index in [1.165, 1.54) is 0 Å². The number of aryl methyl sites for hydroxylation is 1. The summed E-state index contributed by atoms with van der Waals surface area (Å²) in [5, 5.41) is 5.42. The fourth-order valence-corrected chi connectivity index (χ4v) is 6.65. The van der Waals surface area contributed by atoms with E-state index in [0.29, 0.717) is 26.2 Å². The Bertz CT molecular complexity index is 1880. The predicted octanol–water partition coefficient (Wildman–Crippen LogP) is 6.96. The normalized spacial score (nSPS) is 14.2. The third kappa shape index (κ3) is 10.7. The van der Waals surface area contributed by atoms with Crippen LogP contribution in [0.15, 0.2) is 102 Å². The third-order valence-electron chi connectivity index (χ3n) is 9.24. The van der Waals surface area contributed by atoms with Crippen LogP contribution in [0.5, 0.6) is 0 Å². The summed E-state index contributed by atoms with van der Waals surface area (Å²) in [5.74, 6) is 0.0857. The number of carbonyl (C=O) groups is 4. The number of nitrogens with one attached hydrogen (secondary N) is 2. The molecule has 0 unspecified atom stereocenters. The Labute approximate surface area is 329 Å². The number of alkyl carbamates (subject to hydrolysis) is 2. The van der Waals surface area contributed by atoms with E-state index in [4.69, 9.17) is 19.1 Å². The van der Waals surface area contributed by atoms with Gasteiger partial charge in [-0.15, -0.1) is 0 Å². The maximum absolute atomic E-state index is 12.8. The molecule has 0 atom stereocenters. The van der Waals surface area contributed by atoms with Crippen molar-refractivity contribution in [2.45, 2.75) is 58.7 Å². The molecule has 2 aliphatic rings. The van der Waals surface area contributed by atoms with Gasteiger partial charge in [0.2, 0.25) is 11.8 Å². The van der Waals surface area contributed by atoms with E-state index in [1.54, 1.807) is 9.80 Å². The van der Waals surface area contributed by atoms with Crippen LogP contribution in [0.2, 0.25) is 0 Å². The lowest BCUT2D eigenvalue weighted by Crippen LogP contribution is -2.41. The molecule has 4 aromatic rings. The van der Waals surface area contributed by atoms with Gasteiger partial charge in [-0.1, -0.05) is 94.8 Å². The minimum Gasteiger partial charge on any atom is -0.445 e. The number of hydrogen-bond acceptors (Lipinski definition) is 8. The lowest BCUT2D eigenvalue weighted by atomic mass is 9.86. The molecule has 4 aromatic carbocycles. The lowest BCUT2D eigenvalue weighted by molar-refractivity contribution is -0.191. The Balaban J connectivity index is 0.000000228. The van der Waals surface area contributed by atoms with Crippen molar-refractivity contribution in [3.05, 3.63) is 129 Å². The highest BCUT2D eigenvalue weighted by Crippen LogP contribution is 2.43. The standard InChI is InChI=1S/C21H24N2O3.C20H21BrN2O3.CO2/c1-15-9-10-17-18(13-15)23(19(24)21(17,2)3)12-11-22-20(25)26-14-16-7-5-4-6-8-16;1-20(2)16-9-8-15(21)12-17(16)23(18(20)24)11-10-22-19(25)26-13-14-6-4-3-5-7-14;2-1-3/h4-10,13H,11-12,14H2,1-3H3,(H,22,25);3-9,12H,10-11,13H2,1-2H3,(H,22,25);. The second-order valence-corrected chi connectivity index (χ2v) is 14.8. The SMILES string of the molecule is CC1(C)C(=O)N(CCNC(=O)OCc2ccccc2)c2cc(Br)ccc21.Cc1ccc2c(c1)N(CCNC(=O)OCc1ccccc1)C(=O)C2(C)C.O=C=O. The van der Waals surface area contributed by atoms with E-state index >= 15 is 0 Å². The number of fused-ring (bicyclic) bond motifs is 2. The first-order valence-corrected chi connectivity index (χ1v) is 18.4. The van der Waals surface area contributed by atoms with Crippen LogP contribution in [0.1, 0.15) is 55.5 Å². The maximum atomic E-state index is 12.8. The van der Waals surface area contributed by atoms with Gasteiger partial charge in [-0.3, -0.25) is 9.59 Å². The molecule has 2 aliphatic heterocycles. The van der Waals surface area contributed by atoms with Crippen LogP contribution in [-0.2, 0) is 52.7 Å². The highest BCUT2D eigenvalue weighted by atomic mass is 79.9. The average Bonchev–Trinajstić information content (AvgIpc) is 3.47. The van der Waals surface area contributed by atoms with E-state index in [9.17, 15) is 19.2 Å². The quantitative estimate of drug-likeness (QED) is 0.175. The van der Waals surface area contributed by atoms with Crippen LogP contribution in [0.4, 0.5) is 21.0 Å². The van der Waals surface area contributed by atoms with E-state index < -0.39 is 23.0 Å². The Kier molecular flexibility index (Phi) is 14.5. The fourth-order valence-electron chi connectivity index (χ4n) is 6.31. The van der Waals surface area contributed by atoms with Gasteiger partial charge in [-0.2, -0.15) is 9.59 Å². The molecule has 2 N–H and O–H groups in total. The highest BCUT2D eigenvalue weighted by Gasteiger charge is 2.44. The molecule has 0 aliphatic carbocycles. The van der Waals surface area contributed by atoms with E-state index in [-0.39, 0.29) is 31.2 Å². The van der Waals surface area contributed by atoms with Crippen LogP contribution in [0, 0.1) is 6.92 Å². The summed E-state index contributed by atoms with van der Waals surface area (Å²) in [6, 6.07) is 30.9. The zero-order valence-corrected chi connectivity index (χ0v) is 33.1. The van der Waals surface area contributed by atoms with E-state index in [0.717, 1.165) is 43.7 Å². The van der Waals surface area contributed by atoms with Crippen molar-refractivity contribution < 1.29 is 38.2 Å². The van der Waals surface area contributed by atoms with Gasteiger partial charge in [0.25, 0.3) is 0 Å². The summed E-state index contributed by atoms with van der Waals surface area (Å²) in [6.07, 6.45) is -0.724. The van der Waals surface area contributed by atoms with Crippen molar-refractivity contribution in [2.24, 2.45) is 0 Å². The summed E-state index contributed by atoms with van der Waals surface area (Å²) in [5.41, 5.74) is 5.70. The van der Waals surface area contributed by atoms with Gasteiger partial charge in [0.15, 0.2) is 0 Å². The lowest BCUT2D eigenvalue weighted by Gasteiger charge is -2.20. The smallest absolute Gasteiger partial charge is 0.407 e. The van der Waals surface area contributed by atoms with Crippen LogP contribution in [-0.4, -0.2) is 56.3 Å². The number of nitrogens with zero attached hydrogens (tertiary/aromatic N) is 2. The Morgan fingerprint density at radius 3 is 1.49 bits per heavy atom.